The Morgan fingerprint density at radius 3 is 2.79 bits per heavy atom. The lowest BCUT2D eigenvalue weighted by Gasteiger charge is -2.28. The number of rotatable bonds is 5. The highest BCUT2D eigenvalue weighted by Crippen LogP contribution is 2.40. The van der Waals surface area contributed by atoms with E-state index in [9.17, 15) is 14.7 Å². The average molecular weight is 446 g/mol. The molecule has 0 saturated carbocycles. The van der Waals surface area contributed by atoms with Gasteiger partial charge >= 0.3 is 0 Å². The number of hydrogen-bond acceptors (Lipinski definition) is 5. The van der Waals surface area contributed by atoms with Gasteiger partial charge in [-0.15, -0.1) is 0 Å². The predicted octanol–water partition coefficient (Wildman–Crippen LogP) is 4.11. The first kappa shape index (κ1) is 19.0. The lowest BCUT2D eigenvalue weighted by atomic mass is 9.95. The highest BCUT2D eigenvalue weighted by atomic mass is 79.9. The second kappa shape index (κ2) is 7.56. The molecule has 0 spiro atoms. The van der Waals surface area contributed by atoms with Crippen molar-refractivity contribution in [3.05, 3.63) is 69.3 Å². The molecular formula is C21H20BrNO5. The summed E-state index contributed by atoms with van der Waals surface area (Å²) in [5, 5.41) is 10.6. The number of benzene rings is 1. The highest BCUT2D eigenvalue weighted by Gasteiger charge is 2.45. The van der Waals surface area contributed by atoms with Crippen LogP contribution in [0.3, 0.4) is 0 Å². The van der Waals surface area contributed by atoms with E-state index < -0.39 is 23.5 Å². The lowest BCUT2D eigenvalue weighted by molar-refractivity contribution is -0.131. The van der Waals surface area contributed by atoms with Gasteiger partial charge in [-0.05, 0) is 49.6 Å². The highest BCUT2D eigenvalue weighted by molar-refractivity contribution is 9.10. The number of furan rings is 1. The van der Waals surface area contributed by atoms with E-state index in [0.717, 1.165) is 22.9 Å². The minimum Gasteiger partial charge on any atom is -0.503 e. The van der Waals surface area contributed by atoms with Crippen molar-refractivity contribution in [1.82, 2.24) is 4.90 Å². The monoisotopic (exact) mass is 445 g/mol. The van der Waals surface area contributed by atoms with Gasteiger partial charge in [0.05, 0.1) is 17.7 Å². The van der Waals surface area contributed by atoms with Crippen LogP contribution in [0.1, 0.15) is 40.8 Å². The van der Waals surface area contributed by atoms with Crippen LogP contribution >= 0.6 is 15.9 Å². The van der Waals surface area contributed by atoms with E-state index in [1.165, 1.54) is 4.90 Å². The van der Waals surface area contributed by atoms with Gasteiger partial charge in [0.25, 0.3) is 5.91 Å². The molecular weight excluding hydrogens is 426 g/mol. The number of amides is 1. The normalized spacial score (nSPS) is 22.4. The Morgan fingerprint density at radius 2 is 2.14 bits per heavy atom. The number of Topliss-reactive ketones (excluding diaryl/α,β-unsaturated/α-hetero) is 1. The van der Waals surface area contributed by atoms with Crippen molar-refractivity contribution >= 4 is 27.6 Å². The van der Waals surface area contributed by atoms with Gasteiger partial charge in [-0.1, -0.05) is 28.1 Å². The summed E-state index contributed by atoms with van der Waals surface area (Å²) in [6, 6.07) is 9.92. The Balaban J connectivity index is 1.77. The summed E-state index contributed by atoms with van der Waals surface area (Å²) in [5.74, 6) is -0.887. The Labute approximate surface area is 170 Å². The maximum atomic E-state index is 13.1. The standard InChI is InChI=1S/C21H20BrNO5/c1-12-7-8-16(28-12)19(24)17-18(13-4-2-5-14(22)10-13)23(21(26)20(17)25)11-15-6-3-9-27-15/h2,4-5,7-8,10,15,18,25H,3,6,9,11H2,1H3/t15-,18+/m0/s1. The molecule has 1 N–H and O–H groups in total. The number of ketones is 1. The SMILES string of the molecule is Cc1ccc(C(=O)C2=C(O)C(=O)N(C[C@@H]3CCCO3)[C@@H]2c2cccc(Br)c2)o1. The molecule has 4 rings (SSSR count). The molecule has 146 valence electrons. The fourth-order valence-corrected chi connectivity index (χ4v) is 4.21. The smallest absolute Gasteiger partial charge is 0.290 e. The van der Waals surface area contributed by atoms with Gasteiger partial charge in [-0.3, -0.25) is 9.59 Å². The van der Waals surface area contributed by atoms with Crippen LogP contribution in [0.4, 0.5) is 0 Å². The Bertz CT molecular complexity index is 957. The van der Waals surface area contributed by atoms with Crippen molar-refractivity contribution < 1.29 is 23.8 Å². The second-order valence-electron chi connectivity index (χ2n) is 7.05. The van der Waals surface area contributed by atoms with Crippen molar-refractivity contribution in [2.24, 2.45) is 0 Å². The Hall–Kier alpha value is -2.38. The van der Waals surface area contributed by atoms with Crippen LogP contribution in [-0.4, -0.2) is 41.0 Å². The van der Waals surface area contributed by atoms with Crippen LogP contribution in [0.15, 0.2) is 56.6 Å². The van der Waals surface area contributed by atoms with Gasteiger partial charge in [0, 0.05) is 17.6 Å². The molecule has 1 fully saturated rings. The van der Waals surface area contributed by atoms with Crippen LogP contribution in [0.5, 0.6) is 0 Å². The summed E-state index contributed by atoms with van der Waals surface area (Å²) in [5.41, 5.74) is 0.770. The summed E-state index contributed by atoms with van der Waals surface area (Å²) in [7, 11) is 0. The van der Waals surface area contributed by atoms with Gasteiger partial charge in [0.1, 0.15) is 5.76 Å². The zero-order chi connectivity index (χ0) is 19.8. The fraction of sp³-hybridized carbons (Fsp3) is 0.333. The van der Waals surface area contributed by atoms with Gasteiger partial charge in [0.2, 0.25) is 5.78 Å². The van der Waals surface area contributed by atoms with E-state index in [1.54, 1.807) is 19.1 Å². The first-order valence-electron chi connectivity index (χ1n) is 9.18. The van der Waals surface area contributed by atoms with Crippen molar-refractivity contribution in [3.8, 4) is 0 Å². The number of halogens is 1. The molecule has 2 aliphatic rings. The zero-order valence-electron chi connectivity index (χ0n) is 15.4. The number of carbonyl (C=O) groups is 2. The number of aliphatic hydroxyl groups excluding tert-OH is 1. The lowest BCUT2D eigenvalue weighted by Crippen LogP contribution is -2.37. The molecule has 0 radical (unpaired) electrons. The minimum atomic E-state index is -0.702. The molecule has 2 aliphatic heterocycles. The number of hydrogen-bond donors (Lipinski definition) is 1. The first-order valence-corrected chi connectivity index (χ1v) is 9.97. The van der Waals surface area contributed by atoms with Crippen molar-refractivity contribution in [2.45, 2.75) is 31.9 Å². The minimum absolute atomic E-state index is 0.0375. The molecule has 7 heteroatoms. The number of aliphatic hydroxyl groups is 1. The van der Waals surface area contributed by atoms with E-state index in [2.05, 4.69) is 15.9 Å². The molecule has 1 aromatic carbocycles. The largest absolute Gasteiger partial charge is 0.503 e. The third-order valence-electron chi connectivity index (χ3n) is 5.10. The molecule has 1 saturated heterocycles. The van der Waals surface area contributed by atoms with Crippen LogP contribution < -0.4 is 0 Å². The van der Waals surface area contributed by atoms with Crippen molar-refractivity contribution in [2.75, 3.05) is 13.2 Å². The maximum absolute atomic E-state index is 13.1. The van der Waals surface area contributed by atoms with E-state index >= 15 is 0 Å². The molecule has 1 aromatic heterocycles. The molecule has 6 nitrogen and oxygen atoms in total. The van der Waals surface area contributed by atoms with Crippen molar-refractivity contribution in [1.29, 1.82) is 0 Å². The third kappa shape index (κ3) is 3.40. The summed E-state index contributed by atoms with van der Waals surface area (Å²) in [6.45, 7) is 2.71. The number of ether oxygens (including phenoxy) is 1. The third-order valence-corrected chi connectivity index (χ3v) is 5.59. The fourth-order valence-electron chi connectivity index (χ4n) is 3.79. The molecule has 2 atom stereocenters. The number of carbonyl (C=O) groups excluding carboxylic acids is 2. The van der Waals surface area contributed by atoms with E-state index in [4.69, 9.17) is 9.15 Å². The summed E-state index contributed by atoms with van der Waals surface area (Å²) in [4.78, 5) is 27.5. The van der Waals surface area contributed by atoms with Crippen LogP contribution in [-0.2, 0) is 9.53 Å². The van der Waals surface area contributed by atoms with Crippen LogP contribution in [0, 0.1) is 6.92 Å². The van der Waals surface area contributed by atoms with Crippen molar-refractivity contribution in [3.63, 3.8) is 0 Å². The number of nitrogens with zero attached hydrogens (tertiary/aromatic N) is 1. The van der Waals surface area contributed by atoms with E-state index in [-0.39, 0.29) is 17.4 Å². The summed E-state index contributed by atoms with van der Waals surface area (Å²) >= 11 is 3.44. The van der Waals surface area contributed by atoms with Crippen LogP contribution in [0.25, 0.3) is 0 Å². The molecule has 0 unspecified atom stereocenters. The quantitative estimate of drug-likeness (QED) is 0.700. The molecule has 1 amide bonds. The van der Waals surface area contributed by atoms with Gasteiger partial charge in [-0.25, -0.2) is 0 Å². The molecule has 0 bridgehead atoms. The summed E-state index contributed by atoms with van der Waals surface area (Å²) in [6.07, 6.45) is 1.67. The summed E-state index contributed by atoms with van der Waals surface area (Å²) < 4.78 is 12.0. The van der Waals surface area contributed by atoms with E-state index in [0.29, 0.717) is 18.9 Å². The topological polar surface area (TPSA) is 80.0 Å². The van der Waals surface area contributed by atoms with Gasteiger partial charge < -0.3 is 19.2 Å². The number of aryl methyl sites for hydroxylation is 1. The predicted molar refractivity (Wildman–Crippen MR) is 105 cm³/mol. The van der Waals surface area contributed by atoms with Crippen LogP contribution in [0.2, 0.25) is 0 Å². The van der Waals surface area contributed by atoms with E-state index in [1.807, 2.05) is 24.3 Å². The van der Waals surface area contributed by atoms with Gasteiger partial charge in [-0.2, -0.15) is 0 Å². The Kier molecular flexibility index (Phi) is 5.12. The Morgan fingerprint density at radius 1 is 1.32 bits per heavy atom. The van der Waals surface area contributed by atoms with Gasteiger partial charge in [0.15, 0.2) is 11.5 Å². The molecule has 2 aromatic rings. The first-order chi connectivity index (χ1) is 13.5. The maximum Gasteiger partial charge on any atom is 0.290 e. The second-order valence-corrected chi connectivity index (χ2v) is 7.97. The zero-order valence-corrected chi connectivity index (χ0v) is 16.9. The molecule has 0 aliphatic carbocycles. The average Bonchev–Trinajstić information content (AvgIpc) is 3.38. The molecule has 3 heterocycles. The molecule has 28 heavy (non-hydrogen) atoms.